The number of piperazine rings is 1. The molecule has 1 aliphatic rings. The van der Waals surface area contributed by atoms with Gasteiger partial charge in [-0.25, -0.2) is 0 Å². The Morgan fingerprint density at radius 2 is 1.80 bits per heavy atom. The summed E-state index contributed by atoms with van der Waals surface area (Å²) in [5, 5.41) is 0. The molecule has 1 saturated heterocycles. The molecule has 112 valence electrons. The minimum atomic E-state index is 0.345. The summed E-state index contributed by atoms with van der Waals surface area (Å²) in [7, 11) is 0. The molecule has 0 spiro atoms. The van der Waals surface area contributed by atoms with Crippen molar-refractivity contribution in [2.45, 2.75) is 33.4 Å². The molecule has 3 heteroatoms. The molecule has 0 N–H and O–H groups in total. The fourth-order valence-electron chi connectivity index (χ4n) is 2.66. The van der Waals surface area contributed by atoms with Crippen LogP contribution >= 0.6 is 0 Å². The average Bonchev–Trinajstić information content (AvgIpc) is 2.40. The standard InChI is InChI=1S/C17H28N2O/c1-15(2)20-12-11-18-7-9-19(10-8-18)14-17-6-4-5-16(3)13-17/h4-6,13,15H,7-12,14H2,1-3H3. The summed E-state index contributed by atoms with van der Waals surface area (Å²) < 4.78 is 5.62. The van der Waals surface area contributed by atoms with E-state index in [1.807, 2.05) is 0 Å². The lowest BCUT2D eigenvalue weighted by Crippen LogP contribution is -2.46. The van der Waals surface area contributed by atoms with Crippen LogP contribution in [0.3, 0.4) is 0 Å². The van der Waals surface area contributed by atoms with E-state index in [2.05, 4.69) is 54.8 Å². The lowest BCUT2D eigenvalue weighted by molar-refractivity contribution is 0.0437. The second-order valence-corrected chi connectivity index (χ2v) is 6.03. The highest BCUT2D eigenvalue weighted by Gasteiger charge is 2.16. The molecule has 1 fully saturated rings. The largest absolute Gasteiger partial charge is 0.377 e. The Kier molecular flexibility index (Phi) is 6.02. The molecule has 0 aromatic heterocycles. The van der Waals surface area contributed by atoms with Gasteiger partial charge >= 0.3 is 0 Å². The fraction of sp³-hybridized carbons (Fsp3) is 0.647. The average molecular weight is 276 g/mol. The molecule has 0 unspecified atom stereocenters. The summed E-state index contributed by atoms with van der Waals surface area (Å²) in [6.07, 6.45) is 0.345. The van der Waals surface area contributed by atoms with Crippen molar-refractivity contribution >= 4 is 0 Å². The molecule has 3 nitrogen and oxygen atoms in total. The molecule has 0 aliphatic carbocycles. The Morgan fingerprint density at radius 3 is 2.45 bits per heavy atom. The molecule has 0 atom stereocenters. The first-order chi connectivity index (χ1) is 9.63. The van der Waals surface area contributed by atoms with Crippen molar-refractivity contribution < 1.29 is 4.74 Å². The van der Waals surface area contributed by atoms with Crippen LogP contribution in [0.15, 0.2) is 24.3 Å². The molecule has 1 aliphatic heterocycles. The molecule has 0 bridgehead atoms. The van der Waals surface area contributed by atoms with Gasteiger partial charge in [0, 0.05) is 39.3 Å². The van der Waals surface area contributed by atoms with Crippen LogP contribution in [-0.4, -0.2) is 55.2 Å². The lowest BCUT2D eigenvalue weighted by atomic mass is 10.1. The molecule has 2 rings (SSSR count). The van der Waals surface area contributed by atoms with Gasteiger partial charge in [-0.15, -0.1) is 0 Å². The molecular weight excluding hydrogens is 248 g/mol. The zero-order chi connectivity index (χ0) is 14.4. The Bertz CT molecular complexity index is 398. The number of nitrogens with zero attached hydrogens (tertiary/aromatic N) is 2. The maximum atomic E-state index is 5.62. The molecule has 1 heterocycles. The monoisotopic (exact) mass is 276 g/mol. The van der Waals surface area contributed by atoms with E-state index in [0.717, 1.165) is 45.9 Å². The predicted molar refractivity (Wildman–Crippen MR) is 84.0 cm³/mol. The van der Waals surface area contributed by atoms with Crippen molar-refractivity contribution in [1.82, 2.24) is 9.80 Å². The maximum absolute atomic E-state index is 5.62. The van der Waals surface area contributed by atoms with Crippen LogP contribution in [-0.2, 0) is 11.3 Å². The van der Waals surface area contributed by atoms with E-state index in [9.17, 15) is 0 Å². The topological polar surface area (TPSA) is 15.7 Å². The molecular formula is C17H28N2O. The Labute approximate surface area is 123 Å². The van der Waals surface area contributed by atoms with Crippen molar-refractivity contribution in [2.24, 2.45) is 0 Å². The lowest BCUT2D eigenvalue weighted by Gasteiger charge is -2.34. The van der Waals surface area contributed by atoms with Crippen molar-refractivity contribution in [3.63, 3.8) is 0 Å². The first-order valence-corrected chi connectivity index (χ1v) is 7.75. The van der Waals surface area contributed by atoms with Crippen LogP contribution in [0, 0.1) is 6.92 Å². The summed E-state index contributed by atoms with van der Waals surface area (Å²) in [6, 6.07) is 8.85. The third-order valence-electron chi connectivity index (χ3n) is 3.81. The zero-order valence-corrected chi connectivity index (χ0v) is 13.1. The van der Waals surface area contributed by atoms with E-state index in [1.165, 1.54) is 11.1 Å². The number of rotatable bonds is 6. The van der Waals surface area contributed by atoms with Gasteiger partial charge in [0.25, 0.3) is 0 Å². The smallest absolute Gasteiger partial charge is 0.0596 e. The number of hydrogen-bond donors (Lipinski definition) is 0. The predicted octanol–water partition coefficient (Wildman–Crippen LogP) is 2.54. The summed E-state index contributed by atoms with van der Waals surface area (Å²) >= 11 is 0. The minimum Gasteiger partial charge on any atom is -0.377 e. The van der Waals surface area contributed by atoms with Crippen molar-refractivity contribution in [1.29, 1.82) is 0 Å². The van der Waals surface area contributed by atoms with Gasteiger partial charge in [-0.3, -0.25) is 9.80 Å². The van der Waals surface area contributed by atoms with E-state index in [-0.39, 0.29) is 0 Å². The second-order valence-electron chi connectivity index (χ2n) is 6.03. The van der Waals surface area contributed by atoms with Crippen molar-refractivity contribution in [3.8, 4) is 0 Å². The minimum absolute atomic E-state index is 0.345. The SMILES string of the molecule is Cc1cccc(CN2CCN(CCOC(C)C)CC2)c1. The van der Waals surface area contributed by atoms with Gasteiger partial charge in [0.2, 0.25) is 0 Å². The first-order valence-electron chi connectivity index (χ1n) is 7.75. The molecule has 20 heavy (non-hydrogen) atoms. The Hall–Kier alpha value is -0.900. The van der Waals surface area contributed by atoms with Gasteiger partial charge in [0.1, 0.15) is 0 Å². The third-order valence-corrected chi connectivity index (χ3v) is 3.81. The molecule has 1 aromatic carbocycles. The summed E-state index contributed by atoms with van der Waals surface area (Å²) in [5.74, 6) is 0. The zero-order valence-electron chi connectivity index (χ0n) is 13.1. The van der Waals surface area contributed by atoms with Gasteiger partial charge in [0.05, 0.1) is 12.7 Å². The highest BCUT2D eigenvalue weighted by molar-refractivity contribution is 5.22. The van der Waals surface area contributed by atoms with Crippen molar-refractivity contribution in [2.75, 3.05) is 39.3 Å². The number of hydrogen-bond acceptors (Lipinski definition) is 3. The van der Waals surface area contributed by atoms with Crippen LogP contribution in [0.2, 0.25) is 0 Å². The van der Waals surface area contributed by atoms with E-state index in [1.54, 1.807) is 0 Å². The van der Waals surface area contributed by atoms with Crippen LogP contribution in [0.25, 0.3) is 0 Å². The third kappa shape index (κ3) is 5.23. The van der Waals surface area contributed by atoms with E-state index >= 15 is 0 Å². The summed E-state index contributed by atoms with van der Waals surface area (Å²) in [5.41, 5.74) is 2.79. The quantitative estimate of drug-likeness (QED) is 0.794. The first kappa shape index (κ1) is 15.5. The van der Waals surface area contributed by atoms with Crippen molar-refractivity contribution in [3.05, 3.63) is 35.4 Å². The van der Waals surface area contributed by atoms with Gasteiger partial charge in [-0.1, -0.05) is 29.8 Å². The molecule has 0 radical (unpaired) electrons. The van der Waals surface area contributed by atoms with Gasteiger partial charge in [-0.05, 0) is 26.3 Å². The maximum Gasteiger partial charge on any atom is 0.0596 e. The molecule has 0 amide bonds. The van der Waals surface area contributed by atoms with Gasteiger partial charge < -0.3 is 4.74 Å². The second kappa shape index (κ2) is 7.77. The van der Waals surface area contributed by atoms with E-state index in [4.69, 9.17) is 4.74 Å². The highest BCUT2D eigenvalue weighted by atomic mass is 16.5. The Balaban J connectivity index is 1.69. The van der Waals surface area contributed by atoms with Crippen LogP contribution < -0.4 is 0 Å². The number of benzene rings is 1. The summed E-state index contributed by atoms with van der Waals surface area (Å²) in [6.45, 7) is 14.0. The van der Waals surface area contributed by atoms with Crippen LogP contribution in [0.1, 0.15) is 25.0 Å². The van der Waals surface area contributed by atoms with Gasteiger partial charge in [0.15, 0.2) is 0 Å². The molecule has 1 aromatic rings. The van der Waals surface area contributed by atoms with E-state index in [0.29, 0.717) is 6.10 Å². The normalized spacial score (nSPS) is 17.8. The van der Waals surface area contributed by atoms with E-state index < -0.39 is 0 Å². The highest BCUT2D eigenvalue weighted by Crippen LogP contribution is 2.10. The fourth-order valence-corrected chi connectivity index (χ4v) is 2.66. The number of aryl methyl sites for hydroxylation is 1. The number of ether oxygens (including phenoxy) is 1. The van der Waals surface area contributed by atoms with Gasteiger partial charge in [-0.2, -0.15) is 0 Å². The summed E-state index contributed by atoms with van der Waals surface area (Å²) in [4.78, 5) is 5.06. The molecule has 0 saturated carbocycles. The van der Waals surface area contributed by atoms with Crippen LogP contribution in [0.5, 0.6) is 0 Å². The van der Waals surface area contributed by atoms with Crippen LogP contribution in [0.4, 0.5) is 0 Å². The Morgan fingerprint density at radius 1 is 1.10 bits per heavy atom.